The first-order valence-corrected chi connectivity index (χ1v) is 7.75. The Morgan fingerprint density at radius 1 is 1.04 bits per heavy atom. The van der Waals surface area contributed by atoms with Crippen LogP contribution >= 0.6 is 0 Å². The average molecular weight is 307 g/mol. The molecule has 0 spiro atoms. The Hall–Kier alpha value is -2.60. The molecule has 23 heavy (non-hydrogen) atoms. The lowest BCUT2D eigenvalue weighted by molar-refractivity contribution is 0.207. The van der Waals surface area contributed by atoms with Crippen LogP contribution in [-0.4, -0.2) is 31.1 Å². The van der Waals surface area contributed by atoms with E-state index < -0.39 is 0 Å². The number of aromatic nitrogens is 4. The van der Waals surface area contributed by atoms with Crippen LogP contribution in [0.2, 0.25) is 0 Å². The summed E-state index contributed by atoms with van der Waals surface area (Å²) >= 11 is 0. The Labute approximate surface area is 134 Å². The van der Waals surface area contributed by atoms with Crippen LogP contribution in [0.5, 0.6) is 0 Å². The fourth-order valence-electron chi connectivity index (χ4n) is 2.56. The van der Waals surface area contributed by atoms with Crippen molar-refractivity contribution in [2.24, 2.45) is 0 Å². The maximum Gasteiger partial charge on any atom is 0.241 e. The molecule has 0 unspecified atom stereocenters. The highest BCUT2D eigenvalue weighted by atomic mass is 16.5. The lowest BCUT2D eigenvalue weighted by atomic mass is 10.2. The van der Waals surface area contributed by atoms with E-state index in [-0.39, 0.29) is 0 Å². The summed E-state index contributed by atoms with van der Waals surface area (Å²) in [5.41, 5.74) is 1.98. The van der Waals surface area contributed by atoms with E-state index in [4.69, 9.17) is 4.52 Å². The monoisotopic (exact) mass is 307 g/mol. The molecular formula is C17H17N5O. The van der Waals surface area contributed by atoms with Gasteiger partial charge in [-0.3, -0.25) is 14.9 Å². The number of rotatable bonds is 6. The summed E-state index contributed by atoms with van der Waals surface area (Å²) in [6, 6.07) is 10.3. The summed E-state index contributed by atoms with van der Waals surface area (Å²) in [7, 11) is 0. The van der Waals surface area contributed by atoms with Crippen molar-refractivity contribution in [2.45, 2.75) is 32.0 Å². The number of hydrogen-bond acceptors (Lipinski definition) is 6. The van der Waals surface area contributed by atoms with Crippen molar-refractivity contribution in [2.75, 3.05) is 0 Å². The van der Waals surface area contributed by atoms with Gasteiger partial charge in [-0.15, -0.1) is 0 Å². The van der Waals surface area contributed by atoms with Crippen molar-refractivity contribution in [1.82, 2.24) is 25.0 Å². The molecule has 3 aromatic rings. The first-order valence-electron chi connectivity index (χ1n) is 7.75. The van der Waals surface area contributed by atoms with Crippen LogP contribution in [0.15, 0.2) is 53.4 Å². The van der Waals surface area contributed by atoms with E-state index in [1.54, 1.807) is 12.4 Å². The van der Waals surface area contributed by atoms with Crippen molar-refractivity contribution >= 4 is 0 Å². The Balaban J connectivity index is 1.48. The molecule has 0 radical (unpaired) electrons. The standard InChI is InChI=1S/C17H17N5O/c1-2-8-19-14(3-1)11-22(15-4-5-15)12-16-20-17(21-23-16)13-6-9-18-10-7-13/h1-3,6-10,15H,4-5,11-12H2. The van der Waals surface area contributed by atoms with Gasteiger partial charge in [0.05, 0.1) is 12.2 Å². The van der Waals surface area contributed by atoms with Gasteiger partial charge in [0.25, 0.3) is 0 Å². The predicted octanol–water partition coefficient (Wildman–Crippen LogP) is 2.69. The van der Waals surface area contributed by atoms with E-state index >= 15 is 0 Å². The zero-order valence-electron chi connectivity index (χ0n) is 12.7. The highest BCUT2D eigenvalue weighted by Gasteiger charge is 2.30. The van der Waals surface area contributed by atoms with Gasteiger partial charge in [0, 0.05) is 36.7 Å². The Bertz CT molecular complexity index is 755. The van der Waals surface area contributed by atoms with E-state index in [0.29, 0.717) is 24.3 Å². The smallest absolute Gasteiger partial charge is 0.241 e. The zero-order chi connectivity index (χ0) is 15.5. The molecule has 3 heterocycles. The van der Waals surface area contributed by atoms with Gasteiger partial charge < -0.3 is 4.52 Å². The third kappa shape index (κ3) is 3.43. The molecule has 4 rings (SSSR count). The summed E-state index contributed by atoms with van der Waals surface area (Å²) < 4.78 is 5.42. The molecule has 0 N–H and O–H groups in total. The largest absolute Gasteiger partial charge is 0.338 e. The summed E-state index contributed by atoms with van der Waals surface area (Å²) in [5.74, 6) is 1.25. The molecule has 0 bridgehead atoms. The fraction of sp³-hybridized carbons (Fsp3) is 0.294. The minimum absolute atomic E-state index is 0.591. The minimum Gasteiger partial charge on any atom is -0.338 e. The van der Waals surface area contributed by atoms with E-state index in [1.165, 1.54) is 12.8 Å². The fourth-order valence-corrected chi connectivity index (χ4v) is 2.56. The Kier molecular flexibility index (Phi) is 3.81. The highest BCUT2D eigenvalue weighted by Crippen LogP contribution is 2.29. The molecule has 6 heteroatoms. The maximum absolute atomic E-state index is 5.42. The van der Waals surface area contributed by atoms with Crippen LogP contribution in [0.1, 0.15) is 24.4 Å². The molecule has 0 atom stereocenters. The third-order valence-electron chi connectivity index (χ3n) is 3.90. The van der Waals surface area contributed by atoms with Crippen molar-refractivity contribution in [1.29, 1.82) is 0 Å². The SMILES string of the molecule is c1ccc(CN(Cc2nc(-c3ccncc3)no2)C2CC2)nc1. The number of pyridine rings is 2. The van der Waals surface area contributed by atoms with Crippen molar-refractivity contribution in [3.63, 3.8) is 0 Å². The average Bonchev–Trinajstić information content (AvgIpc) is 3.35. The molecule has 0 aromatic carbocycles. The van der Waals surface area contributed by atoms with E-state index in [2.05, 4.69) is 25.0 Å². The van der Waals surface area contributed by atoms with Crippen LogP contribution in [0.4, 0.5) is 0 Å². The van der Waals surface area contributed by atoms with E-state index in [9.17, 15) is 0 Å². The highest BCUT2D eigenvalue weighted by molar-refractivity contribution is 5.52. The molecule has 1 saturated carbocycles. The van der Waals surface area contributed by atoms with Gasteiger partial charge in [0.2, 0.25) is 11.7 Å². The normalized spacial score (nSPS) is 14.3. The van der Waals surface area contributed by atoms with Gasteiger partial charge in [-0.25, -0.2) is 0 Å². The van der Waals surface area contributed by atoms with Gasteiger partial charge in [-0.05, 0) is 37.1 Å². The number of nitrogens with zero attached hydrogens (tertiary/aromatic N) is 5. The first-order chi connectivity index (χ1) is 11.4. The summed E-state index contributed by atoms with van der Waals surface area (Å²) in [6.45, 7) is 1.46. The Morgan fingerprint density at radius 3 is 2.65 bits per heavy atom. The van der Waals surface area contributed by atoms with Gasteiger partial charge in [-0.1, -0.05) is 11.2 Å². The number of hydrogen-bond donors (Lipinski definition) is 0. The summed E-state index contributed by atoms with van der Waals surface area (Å²) in [5, 5.41) is 4.07. The quantitative estimate of drug-likeness (QED) is 0.697. The maximum atomic E-state index is 5.42. The predicted molar refractivity (Wildman–Crippen MR) is 84.0 cm³/mol. The van der Waals surface area contributed by atoms with Crippen molar-refractivity contribution in [3.8, 4) is 11.4 Å². The topological polar surface area (TPSA) is 67.9 Å². The second kappa shape index (κ2) is 6.26. The van der Waals surface area contributed by atoms with Gasteiger partial charge in [0.1, 0.15) is 0 Å². The summed E-state index contributed by atoms with van der Waals surface area (Å²) in [4.78, 5) is 15.3. The second-order valence-electron chi connectivity index (χ2n) is 5.70. The van der Waals surface area contributed by atoms with Gasteiger partial charge in [0.15, 0.2) is 0 Å². The second-order valence-corrected chi connectivity index (χ2v) is 5.70. The van der Waals surface area contributed by atoms with Gasteiger partial charge >= 0.3 is 0 Å². The van der Waals surface area contributed by atoms with Crippen LogP contribution in [0.25, 0.3) is 11.4 Å². The van der Waals surface area contributed by atoms with Crippen molar-refractivity contribution in [3.05, 3.63) is 60.5 Å². The van der Waals surface area contributed by atoms with Crippen LogP contribution in [-0.2, 0) is 13.1 Å². The zero-order valence-corrected chi connectivity index (χ0v) is 12.7. The lowest BCUT2D eigenvalue weighted by Crippen LogP contribution is -2.25. The summed E-state index contributed by atoms with van der Waals surface area (Å²) in [6.07, 6.45) is 7.72. The van der Waals surface area contributed by atoms with Crippen LogP contribution in [0, 0.1) is 0 Å². The van der Waals surface area contributed by atoms with Crippen molar-refractivity contribution < 1.29 is 4.52 Å². The Morgan fingerprint density at radius 2 is 1.91 bits per heavy atom. The molecule has 0 saturated heterocycles. The first kappa shape index (κ1) is 14.0. The van der Waals surface area contributed by atoms with Crippen LogP contribution < -0.4 is 0 Å². The molecule has 0 aliphatic heterocycles. The van der Waals surface area contributed by atoms with E-state index in [1.807, 2.05) is 36.5 Å². The van der Waals surface area contributed by atoms with Crippen LogP contribution in [0.3, 0.4) is 0 Å². The minimum atomic E-state index is 0.591. The molecule has 1 aliphatic rings. The third-order valence-corrected chi connectivity index (χ3v) is 3.90. The molecule has 0 amide bonds. The molecule has 116 valence electrons. The molecule has 6 nitrogen and oxygen atoms in total. The molecule has 1 fully saturated rings. The molecule has 3 aromatic heterocycles. The van der Waals surface area contributed by atoms with Gasteiger partial charge in [-0.2, -0.15) is 4.98 Å². The lowest BCUT2D eigenvalue weighted by Gasteiger charge is -2.19. The molecule has 1 aliphatic carbocycles. The molecular weight excluding hydrogens is 290 g/mol. The van der Waals surface area contributed by atoms with E-state index in [0.717, 1.165) is 17.8 Å².